The SMILES string of the molecule is CCN(CC)c1c(C)nnc2c3cccnc3nn12. The molecule has 0 saturated heterocycles. The molecule has 0 N–H and O–H groups in total. The molecule has 0 fully saturated rings. The van der Waals surface area contributed by atoms with Crippen LogP contribution in [0.4, 0.5) is 5.82 Å². The number of aromatic nitrogens is 5. The number of pyridine rings is 1. The molecular weight excluding hydrogens is 240 g/mol. The molecule has 0 radical (unpaired) electrons. The van der Waals surface area contributed by atoms with Crippen molar-refractivity contribution in [3.8, 4) is 0 Å². The molecule has 3 aromatic heterocycles. The van der Waals surface area contributed by atoms with Crippen LogP contribution in [0.1, 0.15) is 19.5 Å². The van der Waals surface area contributed by atoms with Gasteiger partial charge in [-0.25, -0.2) is 4.98 Å². The Balaban J connectivity index is 2.39. The van der Waals surface area contributed by atoms with Crippen molar-refractivity contribution in [3.63, 3.8) is 0 Å². The van der Waals surface area contributed by atoms with Gasteiger partial charge in [0.15, 0.2) is 17.1 Å². The van der Waals surface area contributed by atoms with E-state index in [4.69, 9.17) is 0 Å². The van der Waals surface area contributed by atoms with Gasteiger partial charge in [0, 0.05) is 19.3 Å². The first-order valence-corrected chi connectivity index (χ1v) is 6.48. The van der Waals surface area contributed by atoms with Gasteiger partial charge < -0.3 is 4.90 Å². The van der Waals surface area contributed by atoms with E-state index in [0.717, 1.165) is 35.6 Å². The monoisotopic (exact) mass is 256 g/mol. The quantitative estimate of drug-likeness (QED) is 0.715. The highest BCUT2D eigenvalue weighted by atomic mass is 15.4. The summed E-state index contributed by atoms with van der Waals surface area (Å²) in [5.74, 6) is 0.994. The first-order valence-electron chi connectivity index (χ1n) is 6.48. The summed E-state index contributed by atoms with van der Waals surface area (Å²) in [5, 5.41) is 14.0. The van der Waals surface area contributed by atoms with Gasteiger partial charge in [-0.05, 0) is 32.9 Å². The molecule has 6 heteroatoms. The van der Waals surface area contributed by atoms with Crippen molar-refractivity contribution in [2.24, 2.45) is 0 Å². The first kappa shape index (κ1) is 11.8. The summed E-state index contributed by atoms with van der Waals surface area (Å²) in [4.78, 5) is 6.51. The molecule has 0 atom stereocenters. The maximum absolute atomic E-state index is 4.55. The number of hydrogen-bond donors (Lipinski definition) is 0. The molecule has 0 aliphatic rings. The molecule has 98 valence electrons. The van der Waals surface area contributed by atoms with Crippen molar-refractivity contribution in [1.82, 2.24) is 24.8 Å². The van der Waals surface area contributed by atoms with Gasteiger partial charge in [0.25, 0.3) is 0 Å². The van der Waals surface area contributed by atoms with Crippen LogP contribution >= 0.6 is 0 Å². The molecule has 0 aromatic carbocycles. The summed E-state index contributed by atoms with van der Waals surface area (Å²) in [6, 6.07) is 3.86. The zero-order chi connectivity index (χ0) is 13.4. The Hall–Kier alpha value is -2.24. The third kappa shape index (κ3) is 1.71. The molecule has 0 spiro atoms. The largest absolute Gasteiger partial charge is 0.355 e. The number of fused-ring (bicyclic) bond motifs is 3. The second-order valence-corrected chi connectivity index (χ2v) is 4.39. The summed E-state index contributed by atoms with van der Waals surface area (Å²) in [5.41, 5.74) is 2.34. The fraction of sp³-hybridized carbons (Fsp3) is 0.385. The zero-order valence-electron chi connectivity index (χ0n) is 11.3. The van der Waals surface area contributed by atoms with Crippen LogP contribution in [-0.4, -0.2) is 37.9 Å². The average molecular weight is 256 g/mol. The van der Waals surface area contributed by atoms with Crippen LogP contribution in [0.25, 0.3) is 16.7 Å². The number of rotatable bonds is 3. The molecular formula is C13H16N6. The van der Waals surface area contributed by atoms with E-state index in [1.807, 2.05) is 23.6 Å². The lowest BCUT2D eigenvalue weighted by Gasteiger charge is -2.22. The van der Waals surface area contributed by atoms with Gasteiger partial charge in [-0.1, -0.05) is 0 Å². The summed E-state index contributed by atoms with van der Waals surface area (Å²) >= 11 is 0. The second kappa shape index (κ2) is 4.46. The smallest absolute Gasteiger partial charge is 0.189 e. The van der Waals surface area contributed by atoms with Gasteiger partial charge in [-0.2, -0.15) is 4.52 Å². The van der Waals surface area contributed by atoms with Gasteiger partial charge in [0.2, 0.25) is 0 Å². The summed E-state index contributed by atoms with van der Waals surface area (Å²) in [6.07, 6.45) is 1.74. The van der Waals surface area contributed by atoms with Crippen molar-refractivity contribution >= 4 is 22.5 Å². The van der Waals surface area contributed by atoms with Crippen LogP contribution in [0.2, 0.25) is 0 Å². The van der Waals surface area contributed by atoms with Crippen molar-refractivity contribution in [1.29, 1.82) is 0 Å². The molecule has 6 nitrogen and oxygen atoms in total. The summed E-state index contributed by atoms with van der Waals surface area (Å²) < 4.78 is 1.85. The zero-order valence-corrected chi connectivity index (χ0v) is 11.3. The van der Waals surface area contributed by atoms with Crippen LogP contribution in [0.3, 0.4) is 0 Å². The number of anilines is 1. The van der Waals surface area contributed by atoms with Crippen LogP contribution in [0, 0.1) is 6.92 Å². The Labute approximate surface area is 111 Å². The lowest BCUT2D eigenvalue weighted by molar-refractivity contribution is 0.771. The third-order valence-electron chi connectivity index (χ3n) is 3.30. The van der Waals surface area contributed by atoms with Crippen molar-refractivity contribution in [2.75, 3.05) is 18.0 Å². The van der Waals surface area contributed by atoms with E-state index in [0.29, 0.717) is 5.65 Å². The first-order chi connectivity index (χ1) is 9.26. The normalized spacial score (nSPS) is 11.3. The highest BCUT2D eigenvalue weighted by molar-refractivity contribution is 5.89. The van der Waals surface area contributed by atoms with E-state index >= 15 is 0 Å². The number of aryl methyl sites for hydroxylation is 1. The van der Waals surface area contributed by atoms with E-state index in [-0.39, 0.29) is 0 Å². The highest BCUT2D eigenvalue weighted by Gasteiger charge is 2.16. The van der Waals surface area contributed by atoms with Crippen LogP contribution in [0.5, 0.6) is 0 Å². The molecule has 0 saturated carbocycles. The minimum atomic E-state index is 0.704. The Bertz CT molecular complexity index is 728. The van der Waals surface area contributed by atoms with E-state index in [1.165, 1.54) is 0 Å². The molecule has 0 aliphatic carbocycles. The number of nitrogens with zero attached hydrogens (tertiary/aromatic N) is 6. The Morgan fingerprint density at radius 3 is 2.74 bits per heavy atom. The van der Waals surface area contributed by atoms with Gasteiger partial charge in [-0.3, -0.25) is 0 Å². The molecule has 19 heavy (non-hydrogen) atoms. The van der Waals surface area contributed by atoms with E-state index < -0.39 is 0 Å². The molecule has 0 aliphatic heterocycles. The fourth-order valence-electron chi connectivity index (χ4n) is 2.36. The van der Waals surface area contributed by atoms with E-state index in [2.05, 4.69) is 39.0 Å². The molecule has 0 bridgehead atoms. The average Bonchev–Trinajstić information content (AvgIpc) is 2.81. The molecule has 0 amide bonds. The number of hydrogen-bond acceptors (Lipinski definition) is 5. The fourth-order valence-corrected chi connectivity index (χ4v) is 2.36. The Kier molecular flexibility index (Phi) is 2.77. The maximum Gasteiger partial charge on any atom is 0.189 e. The standard InChI is InChI=1S/C13H16N6/c1-4-18(5-2)13-9(3)15-16-12-10-7-6-8-14-11(10)17-19(12)13/h6-8H,4-5H2,1-3H3. The Morgan fingerprint density at radius 1 is 1.21 bits per heavy atom. The molecule has 3 aromatic rings. The topological polar surface area (TPSA) is 59.2 Å². The van der Waals surface area contributed by atoms with Crippen LogP contribution < -0.4 is 4.90 Å². The summed E-state index contributed by atoms with van der Waals surface area (Å²) in [6.45, 7) is 8.01. The highest BCUT2D eigenvalue weighted by Crippen LogP contribution is 2.22. The third-order valence-corrected chi connectivity index (χ3v) is 3.30. The van der Waals surface area contributed by atoms with Crippen LogP contribution in [-0.2, 0) is 0 Å². The lowest BCUT2D eigenvalue weighted by Crippen LogP contribution is -2.26. The predicted molar refractivity (Wildman–Crippen MR) is 74.4 cm³/mol. The Morgan fingerprint density at radius 2 is 2.00 bits per heavy atom. The minimum Gasteiger partial charge on any atom is -0.355 e. The van der Waals surface area contributed by atoms with Gasteiger partial charge in [0.1, 0.15) is 5.69 Å². The van der Waals surface area contributed by atoms with Gasteiger partial charge in [0.05, 0.1) is 5.39 Å². The lowest BCUT2D eigenvalue weighted by atomic mass is 10.3. The minimum absolute atomic E-state index is 0.704. The molecule has 3 heterocycles. The molecule has 0 unspecified atom stereocenters. The van der Waals surface area contributed by atoms with E-state index in [1.54, 1.807) is 6.20 Å². The second-order valence-electron chi connectivity index (χ2n) is 4.39. The van der Waals surface area contributed by atoms with Crippen molar-refractivity contribution in [3.05, 3.63) is 24.0 Å². The van der Waals surface area contributed by atoms with Crippen molar-refractivity contribution in [2.45, 2.75) is 20.8 Å². The van der Waals surface area contributed by atoms with Gasteiger partial charge in [-0.15, -0.1) is 15.3 Å². The summed E-state index contributed by atoms with van der Waals surface area (Å²) in [7, 11) is 0. The van der Waals surface area contributed by atoms with Gasteiger partial charge >= 0.3 is 0 Å². The van der Waals surface area contributed by atoms with E-state index in [9.17, 15) is 0 Å². The van der Waals surface area contributed by atoms with Crippen LogP contribution in [0.15, 0.2) is 18.3 Å². The molecule has 3 rings (SSSR count). The predicted octanol–water partition coefficient (Wildman–Crippen LogP) is 1.83. The maximum atomic E-state index is 4.55. The van der Waals surface area contributed by atoms with Crippen molar-refractivity contribution < 1.29 is 0 Å².